The van der Waals surface area contributed by atoms with Crippen LogP contribution in [0.1, 0.15) is 12.8 Å². The normalized spacial score (nSPS) is 13.5. The fourth-order valence-corrected chi connectivity index (χ4v) is 5.02. The number of pyridine rings is 2. The van der Waals surface area contributed by atoms with E-state index in [0.717, 1.165) is 62.0 Å². The van der Waals surface area contributed by atoms with Crippen molar-refractivity contribution in [2.45, 2.75) is 12.8 Å². The highest BCUT2D eigenvalue weighted by atomic mass is 32.1. The summed E-state index contributed by atoms with van der Waals surface area (Å²) in [4.78, 5) is 30.3. The fourth-order valence-electron chi connectivity index (χ4n) is 4.29. The van der Waals surface area contributed by atoms with Crippen LogP contribution < -0.4 is 5.32 Å². The summed E-state index contributed by atoms with van der Waals surface area (Å²) in [5.74, 6) is 0.887. The van der Waals surface area contributed by atoms with E-state index in [4.69, 9.17) is 4.98 Å². The maximum atomic E-state index is 12.2. The van der Waals surface area contributed by atoms with Gasteiger partial charge in [-0.1, -0.05) is 12.1 Å². The molecule has 0 aliphatic heterocycles. The van der Waals surface area contributed by atoms with Crippen LogP contribution in [0.3, 0.4) is 0 Å². The van der Waals surface area contributed by atoms with Crippen LogP contribution in [-0.4, -0.2) is 36.0 Å². The summed E-state index contributed by atoms with van der Waals surface area (Å²) < 4.78 is 0. The lowest BCUT2D eigenvalue weighted by Crippen LogP contribution is -2.13. The molecule has 1 amide bonds. The van der Waals surface area contributed by atoms with Crippen LogP contribution in [0, 0.1) is 5.92 Å². The summed E-state index contributed by atoms with van der Waals surface area (Å²) in [5, 5.41) is 13.6. The van der Waals surface area contributed by atoms with Crippen LogP contribution in [0.25, 0.3) is 55.0 Å². The van der Waals surface area contributed by atoms with E-state index in [2.05, 4.69) is 42.6 Å². The first kappa shape index (κ1) is 20.0. The molecule has 35 heavy (non-hydrogen) atoms. The van der Waals surface area contributed by atoms with Gasteiger partial charge in [0, 0.05) is 39.7 Å². The molecule has 7 rings (SSSR count). The van der Waals surface area contributed by atoms with Gasteiger partial charge in [0.15, 0.2) is 5.82 Å². The van der Waals surface area contributed by atoms with E-state index in [1.807, 2.05) is 35.8 Å². The molecule has 1 aliphatic rings. The number of H-pyrrole nitrogens is 2. The maximum Gasteiger partial charge on any atom is 0.227 e. The average Bonchev–Trinajstić information content (AvgIpc) is 3.26. The summed E-state index contributed by atoms with van der Waals surface area (Å²) >= 11 is 1.66. The summed E-state index contributed by atoms with van der Waals surface area (Å²) in [6, 6.07) is 12.1. The van der Waals surface area contributed by atoms with E-state index < -0.39 is 0 Å². The van der Waals surface area contributed by atoms with Crippen LogP contribution in [0.4, 0.5) is 5.69 Å². The van der Waals surface area contributed by atoms with Crippen LogP contribution in [0.15, 0.2) is 66.6 Å². The first-order chi connectivity index (χ1) is 17.2. The molecule has 0 atom stereocenters. The minimum absolute atomic E-state index is 0.0674. The van der Waals surface area contributed by atoms with Crippen molar-refractivity contribution in [2.24, 2.45) is 5.92 Å². The number of hydrogen-bond donors (Lipinski definition) is 3. The molecule has 0 saturated heterocycles. The largest absolute Gasteiger partial charge is 0.335 e. The first-order valence-electron chi connectivity index (χ1n) is 11.4. The van der Waals surface area contributed by atoms with Crippen LogP contribution in [0.5, 0.6) is 0 Å². The molecule has 1 aliphatic carbocycles. The number of aromatic nitrogens is 6. The fraction of sp³-hybridized carbons (Fsp3) is 0.115. The lowest BCUT2D eigenvalue weighted by atomic mass is 10.0. The number of aromatic amines is 2. The summed E-state index contributed by atoms with van der Waals surface area (Å²) in [6.45, 7) is 0. The van der Waals surface area contributed by atoms with Gasteiger partial charge in [-0.05, 0) is 48.1 Å². The molecule has 170 valence electrons. The van der Waals surface area contributed by atoms with E-state index in [0.29, 0.717) is 11.5 Å². The molecule has 8 nitrogen and oxygen atoms in total. The van der Waals surface area contributed by atoms with E-state index in [-0.39, 0.29) is 11.8 Å². The number of carbonyl (C=O) groups is 1. The number of imidazole rings is 1. The molecule has 1 aromatic carbocycles. The van der Waals surface area contributed by atoms with Crippen molar-refractivity contribution < 1.29 is 4.79 Å². The van der Waals surface area contributed by atoms with E-state index in [1.54, 1.807) is 29.9 Å². The quantitative estimate of drug-likeness (QED) is 0.297. The Morgan fingerprint density at radius 1 is 1.00 bits per heavy atom. The number of fused-ring (bicyclic) bond motifs is 2. The van der Waals surface area contributed by atoms with Crippen LogP contribution in [-0.2, 0) is 4.79 Å². The highest BCUT2D eigenvalue weighted by Crippen LogP contribution is 2.34. The van der Waals surface area contributed by atoms with E-state index in [1.165, 1.54) is 0 Å². The molecule has 0 radical (unpaired) electrons. The number of benzene rings is 1. The Morgan fingerprint density at radius 3 is 2.77 bits per heavy atom. The van der Waals surface area contributed by atoms with Crippen LogP contribution >= 0.6 is 11.3 Å². The highest BCUT2D eigenvalue weighted by molar-refractivity contribution is 7.13. The molecule has 3 N–H and O–H groups in total. The Bertz CT molecular complexity index is 1710. The number of thiophene rings is 1. The summed E-state index contributed by atoms with van der Waals surface area (Å²) in [5.41, 5.74) is 6.98. The minimum Gasteiger partial charge on any atom is -0.335 e. The monoisotopic (exact) mass is 477 g/mol. The van der Waals surface area contributed by atoms with Crippen molar-refractivity contribution in [3.05, 3.63) is 66.6 Å². The second-order valence-electron chi connectivity index (χ2n) is 8.70. The van der Waals surface area contributed by atoms with E-state index >= 15 is 0 Å². The van der Waals surface area contributed by atoms with Gasteiger partial charge in [0.1, 0.15) is 11.2 Å². The second kappa shape index (κ2) is 7.85. The molecular weight excluding hydrogens is 458 g/mol. The zero-order valence-corrected chi connectivity index (χ0v) is 19.3. The molecule has 0 unspecified atom stereocenters. The van der Waals surface area contributed by atoms with Gasteiger partial charge in [0.25, 0.3) is 0 Å². The third kappa shape index (κ3) is 3.57. The number of anilines is 1. The van der Waals surface area contributed by atoms with Crippen LogP contribution in [0.2, 0.25) is 0 Å². The van der Waals surface area contributed by atoms with Crippen molar-refractivity contribution >= 4 is 44.9 Å². The number of rotatable bonds is 5. The molecular formula is C26H19N7OS. The van der Waals surface area contributed by atoms with Crippen molar-refractivity contribution in [3.63, 3.8) is 0 Å². The Hall–Kier alpha value is -4.37. The molecule has 0 bridgehead atoms. The molecule has 6 aromatic rings. The number of nitrogens with zero attached hydrogens (tertiary/aromatic N) is 4. The van der Waals surface area contributed by atoms with Gasteiger partial charge in [-0.25, -0.2) is 4.98 Å². The molecule has 5 aromatic heterocycles. The summed E-state index contributed by atoms with van der Waals surface area (Å²) in [7, 11) is 0. The number of carbonyl (C=O) groups excluding carboxylic acids is 1. The average molecular weight is 478 g/mol. The van der Waals surface area contributed by atoms with Gasteiger partial charge >= 0.3 is 0 Å². The number of amides is 1. The van der Waals surface area contributed by atoms with Gasteiger partial charge in [0.05, 0.1) is 29.1 Å². The maximum absolute atomic E-state index is 12.2. The molecule has 5 heterocycles. The summed E-state index contributed by atoms with van der Waals surface area (Å²) in [6.07, 6.45) is 9.04. The van der Waals surface area contributed by atoms with E-state index in [9.17, 15) is 4.79 Å². The van der Waals surface area contributed by atoms with Crippen molar-refractivity contribution in [1.82, 2.24) is 30.1 Å². The van der Waals surface area contributed by atoms with Gasteiger partial charge in [0.2, 0.25) is 5.91 Å². The zero-order valence-electron chi connectivity index (χ0n) is 18.4. The lowest BCUT2D eigenvalue weighted by molar-refractivity contribution is -0.117. The Balaban J connectivity index is 1.29. The SMILES string of the molecule is O=C(Nc1cncc(-c2ccc3[nH]nc(-c4nc5c(-c6cccs6)cncc5[nH]4)c3c2)c1)C1CC1. The van der Waals surface area contributed by atoms with Gasteiger partial charge in [-0.15, -0.1) is 11.3 Å². The van der Waals surface area contributed by atoms with Crippen molar-refractivity contribution in [1.29, 1.82) is 0 Å². The highest BCUT2D eigenvalue weighted by Gasteiger charge is 2.29. The zero-order chi connectivity index (χ0) is 23.4. The van der Waals surface area contributed by atoms with Gasteiger partial charge in [-0.2, -0.15) is 5.10 Å². The molecule has 1 fully saturated rings. The smallest absolute Gasteiger partial charge is 0.227 e. The lowest BCUT2D eigenvalue weighted by Gasteiger charge is -2.07. The Morgan fingerprint density at radius 2 is 1.91 bits per heavy atom. The molecule has 1 saturated carbocycles. The predicted octanol–water partition coefficient (Wildman–Crippen LogP) is 5.64. The molecule has 0 spiro atoms. The van der Waals surface area contributed by atoms with Gasteiger partial charge < -0.3 is 10.3 Å². The predicted molar refractivity (Wildman–Crippen MR) is 137 cm³/mol. The third-order valence-corrected chi connectivity index (χ3v) is 7.16. The number of hydrogen-bond acceptors (Lipinski definition) is 6. The topological polar surface area (TPSA) is 112 Å². The second-order valence-corrected chi connectivity index (χ2v) is 9.65. The third-order valence-electron chi connectivity index (χ3n) is 6.26. The Kier molecular flexibility index (Phi) is 4.49. The van der Waals surface area contributed by atoms with Crippen molar-refractivity contribution in [3.8, 4) is 33.1 Å². The van der Waals surface area contributed by atoms with Gasteiger partial charge in [-0.3, -0.25) is 19.9 Å². The Labute approximate surface area is 203 Å². The first-order valence-corrected chi connectivity index (χ1v) is 12.2. The molecule has 9 heteroatoms. The standard InChI is InChI=1S/C26H19N7OS/c34-26(14-3-4-14)29-17-8-16(10-27-11-17)15-5-6-20-18(9-15)24(33-32-20)25-30-21-13-28-12-19(23(21)31-25)22-2-1-7-35-22/h1-2,5-14H,3-4H2,(H,29,34)(H,30,31)(H,32,33). The number of nitrogens with one attached hydrogen (secondary N) is 3. The minimum atomic E-state index is 0.0674. The van der Waals surface area contributed by atoms with Crippen molar-refractivity contribution in [2.75, 3.05) is 5.32 Å².